The van der Waals surface area contributed by atoms with Crippen LogP contribution in [0.25, 0.3) is 0 Å². The highest BCUT2D eigenvalue weighted by Gasteiger charge is 2.26. The highest BCUT2D eigenvalue weighted by molar-refractivity contribution is 5.92. The Kier molecular flexibility index (Phi) is 25.7. The first-order chi connectivity index (χ1) is 30.6. The SMILES string of the molecule is C=CC(=O)OCCCCCCCCCCCCOc1ccc(C(=O)Oc2cc(F)c(OC(=O)c3ccc(OCCCCCCCCCCCCOC(=O)C=C)cc3)c(F)c2F)cc1. The van der Waals surface area contributed by atoms with Gasteiger partial charge in [-0.05, 0) is 74.2 Å². The topological polar surface area (TPSA) is 124 Å². The number of rotatable bonds is 34. The lowest BCUT2D eigenvalue weighted by atomic mass is 10.1. The number of hydrogen-bond donors (Lipinski definition) is 0. The molecule has 0 aliphatic heterocycles. The second kappa shape index (κ2) is 31.3. The molecule has 3 aromatic carbocycles. The maximum atomic E-state index is 14.9. The van der Waals surface area contributed by atoms with Crippen LogP contribution in [0.15, 0.2) is 79.9 Å². The van der Waals surface area contributed by atoms with Gasteiger partial charge in [0.25, 0.3) is 0 Å². The van der Waals surface area contributed by atoms with E-state index in [1.807, 2.05) is 0 Å². The van der Waals surface area contributed by atoms with Crippen LogP contribution in [0, 0.1) is 17.5 Å². The van der Waals surface area contributed by atoms with E-state index in [0.717, 1.165) is 103 Å². The van der Waals surface area contributed by atoms with Crippen molar-refractivity contribution >= 4 is 23.9 Å². The minimum Gasteiger partial charge on any atom is -0.494 e. The van der Waals surface area contributed by atoms with Gasteiger partial charge in [0.15, 0.2) is 11.6 Å². The van der Waals surface area contributed by atoms with Gasteiger partial charge in [-0.15, -0.1) is 0 Å². The number of ether oxygens (including phenoxy) is 6. The lowest BCUT2D eigenvalue weighted by molar-refractivity contribution is -0.138. The van der Waals surface area contributed by atoms with E-state index in [1.54, 1.807) is 12.1 Å². The van der Waals surface area contributed by atoms with Crippen LogP contribution in [-0.4, -0.2) is 50.3 Å². The summed E-state index contributed by atoms with van der Waals surface area (Å²) in [5, 5.41) is 0. The second-order valence-electron chi connectivity index (χ2n) is 15.2. The maximum absolute atomic E-state index is 14.9. The van der Waals surface area contributed by atoms with Crippen LogP contribution in [0.1, 0.15) is 149 Å². The van der Waals surface area contributed by atoms with Crippen molar-refractivity contribution in [2.45, 2.75) is 128 Å². The molecule has 0 radical (unpaired) electrons. The first-order valence-corrected chi connectivity index (χ1v) is 22.3. The Morgan fingerprint density at radius 1 is 0.444 bits per heavy atom. The van der Waals surface area contributed by atoms with Gasteiger partial charge in [0, 0.05) is 18.2 Å². The first-order valence-electron chi connectivity index (χ1n) is 22.3. The summed E-state index contributed by atoms with van der Waals surface area (Å²) in [6.07, 6.45) is 23.6. The number of halogens is 3. The molecule has 13 heteroatoms. The Morgan fingerprint density at radius 2 is 0.778 bits per heavy atom. The number of carbonyl (C=O) groups is 4. The molecule has 0 spiro atoms. The molecule has 0 aliphatic carbocycles. The van der Waals surface area contributed by atoms with Gasteiger partial charge < -0.3 is 28.4 Å². The number of esters is 4. The molecule has 0 atom stereocenters. The summed E-state index contributed by atoms with van der Waals surface area (Å²) in [7, 11) is 0. The van der Waals surface area contributed by atoms with Crippen LogP contribution in [0.5, 0.6) is 23.0 Å². The third kappa shape index (κ3) is 21.4. The number of unbranched alkanes of at least 4 members (excludes halogenated alkanes) is 18. The van der Waals surface area contributed by atoms with Crippen LogP contribution in [0.2, 0.25) is 0 Å². The van der Waals surface area contributed by atoms with Crippen molar-refractivity contribution < 1.29 is 60.8 Å². The predicted molar refractivity (Wildman–Crippen MR) is 235 cm³/mol. The van der Waals surface area contributed by atoms with Gasteiger partial charge in [-0.1, -0.05) is 116 Å². The minimum absolute atomic E-state index is 0.000621. The molecule has 0 saturated carbocycles. The van der Waals surface area contributed by atoms with E-state index in [9.17, 15) is 32.3 Å². The van der Waals surface area contributed by atoms with E-state index in [4.69, 9.17) is 28.4 Å². The smallest absolute Gasteiger partial charge is 0.343 e. The summed E-state index contributed by atoms with van der Waals surface area (Å²) in [6.45, 7) is 8.60. The lowest BCUT2D eigenvalue weighted by Gasteiger charge is -2.12. The van der Waals surface area contributed by atoms with Crippen LogP contribution >= 0.6 is 0 Å². The molecule has 0 heterocycles. The fraction of sp³-hybridized carbons (Fsp3) is 0.480. The number of hydrogen-bond acceptors (Lipinski definition) is 10. The second-order valence-corrected chi connectivity index (χ2v) is 15.2. The highest BCUT2D eigenvalue weighted by Crippen LogP contribution is 2.32. The molecule has 0 bridgehead atoms. The van der Waals surface area contributed by atoms with Gasteiger partial charge in [-0.3, -0.25) is 0 Å². The zero-order chi connectivity index (χ0) is 45.5. The van der Waals surface area contributed by atoms with Gasteiger partial charge in [-0.2, -0.15) is 8.78 Å². The number of benzene rings is 3. The molecule has 10 nitrogen and oxygen atoms in total. The summed E-state index contributed by atoms with van der Waals surface area (Å²) in [4.78, 5) is 47.4. The Balaban J connectivity index is 1.28. The van der Waals surface area contributed by atoms with Gasteiger partial charge in [0.2, 0.25) is 17.4 Å². The molecule has 0 unspecified atom stereocenters. The summed E-state index contributed by atoms with van der Waals surface area (Å²) < 4.78 is 76.1. The largest absolute Gasteiger partial charge is 0.494 e. The van der Waals surface area contributed by atoms with Gasteiger partial charge in [0.1, 0.15) is 11.5 Å². The van der Waals surface area contributed by atoms with Crippen LogP contribution in [-0.2, 0) is 19.1 Å². The molecular formula is C50H63F3O10. The van der Waals surface area contributed by atoms with Gasteiger partial charge in [0.05, 0.1) is 37.6 Å². The average molecular weight is 881 g/mol. The van der Waals surface area contributed by atoms with E-state index < -0.39 is 40.9 Å². The van der Waals surface area contributed by atoms with E-state index in [0.29, 0.717) is 44.0 Å². The third-order valence-electron chi connectivity index (χ3n) is 10.1. The van der Waals surface area contributed by atoms with Crippen molar-refractivity contribution in [3.63, 3.8) is 0 Å². The van der Waals surface area contributed by atoms with Crippen molar-refractivity contribution in [1.82, 2.24) is 0 Å². The zero-order valence-corrected chi connectivity index (χ0v) is 36.5. The van der Waals surface area contributed by atoms with Crippen molar-refractivity contribution in [1.29, 1.82) is 0 Å². The van der Waals surface area contributed by atoms with Crippen LogP contribution in [0.4, 0.5) is 13.2 Å². The minimum atomic E-state index is -1.83. The molecule has 344 valence electrons. The first kappa shape index (κ1) is 51.8. The van der Waals surface area contributed by atoms with E-state index >= 15 is 0 Å². The maximum Gasteiger partial charge on any atom is 0.343 e. The van der Waals surface area contributed by atoms with E-state index in [-0.39, 0.29) is 23.1 Å². The quantitative estimate of drug-likeness (QED) is 0.0188. The van der Waals surface area contributed by atoms with Crippen molar-refractivity contribution in [2.75, 3.05) is 26.4 Å². The van der Waals surface area contributed by atoms with E-state index in [1.165, 1.54) is 74.2 Å². The molecule has 3 rings (SSSR count). The van der Waals surface area contributed by atoms with Crippen LogP contribution < -0.4 is 18.9 Å². The molecule has 0 aliphatic rings. The summed E-state index contributed by atoms with van der Waals surface area (Å²) in [5.74, 6) is -9.15. The molecule has 0 amide bonds. The summed E-state index contributed by atoms with van der Waals surface area (Å²) in [5.41, 5.74) is -0.0438. The lowest BCUT2D eigenvalue weighted by Crippen LogP contribution is -2.14. The predicted octanol–water partition coefficient (Wildman–Crippen LogP) is 12.6. The van der Waals surface area contributed by atoms with Crippen LogP contribution in [0.3, 0.4) is 0 Å². The van der Waals surface area contributed by atoms with Gasteiger partial charge >= 0.3 is 23.9 Å². The Labute approximate surface area is 370 Å². The van der Waals surface area contributed by atoms with Crippen molar-refractivity contribution in [2.24, 2.45) is 0 Å². The fourth-order valence-electron chi connectivity index (χ4n) is 6.49. The highest BCUT2D eigenvalue weighted by atomic mass is 19.2. The monoisotopic (exact) mass is 880 g/mol. The molecule has 0 aromatic heterocycles. The molecule has 3 aromatic rings. The van der Waals surface area contributed by atoms with Crippen molar-refractivity contribution in [3.05, 3.63) is 108 Å². The molecule has 0 fully saturated rings. The summed E-state index contributed by atoms with van der Waals surface area (Å²) >= 11 is 0. The molecular weight excluding hydrogens is 818 g/mol. The van der Waals surface area contributed by atoms with E-state index in [2.05, 4.69) is 13.2 Å². The van der Waals surface area contributed by atoms with Gasteiger partial charge in [-0.25, -0.2) is 23.6 Å². The van der Waals surface area contributed by atoms with Crippen molar-refractivity contribution in [3.8, 4) is 23.0 Å². The molecule has 0 saturated heterocycles. The zero-order valence-electron chi connectivity index (χ0n) is 36.5. The molecule has 0 N–H and O–H groups in total. The Hall–Kier alpha value is -5.59. The average Bonchev–Trinajstić information content (AvgIpc) is 3.29. The normalized spacial score (nSPS) is 10.8. The number of carbonyl (C=O) groups excluding carboxylic acids is 4. The Morgan fingerprint density at radius 3 is 1.14 bits per heavy atom. The fourth-order valence-corrected chi connectivity index (χ4v) is 6.49. The Bertz CT molecular complexity index is 1850. The third-order valence-corrected chi connectivity index (χ3v) is 10.1. The molecule has 63 heavy (non-hydrogen) atoms. The summed E-state index contributed by atoms with van der Waals surface area (Å²) in [6, 6.07) is 12.1. The standard InChI is InChI=1S/C50H63F3O10/c1-3-44(54)60-35-23-19-15-11-7-5-9-13-17-21-33-58-40-29-25-38(26-30-40)49(56)62-43-37-42(51)48(47(53)46(43)52)63-50(57)39-27-31-41(32-28-39)59-34-22-18-14-10-6-8-12-16-20-24-36-61-45(55)4-2/h3-4,25-32,37H,1-2,5-24,33-36H2.